The number of morpholine rings is 1. The number of carbonyl (C=O) groups is 1. The molecule has 1 aliphatic heterocycles. The van der Waals surface area contributed by atoms with Crippen LogP contribution in [0.4, 0.5) is 4.39 Å². The first-order valence-corrected chi connectivity index (χ1v) is 8.23. The number of benzene rings is 1. The Morgan fingerprint density at radius 1 is 1.30 bits per heavy atom. The minimum absolute atomic E-state index is 0.0997. The predicted molar refractivity (Wildman–Crippen MR) is 87.6 cm³/mol. The summed E-state index contributed by atoms with van der Waals surface area (Å²) in [6.45, 7) is 4.80. The highest BCUT2D eigenvalue weighted by Gasteiger charge is 2.14. The van der Waals surface area contributed by atoms with E-state index < -0.39 is 6.04 Å². The first kappa shape index (κ1) is 17.8. The molecule has 6 heteroatoms. The van der Waals surface area contributed by atoms with E-state index in [0.717, 1.165) is 51.3 Å². The summed E-state index contributed by atoms with van der Waals surface area (Å²) >= 11 is 0. The van der Waals surface area contributed by atoms with Crippen LogP contribution in [0, 0.1) is 5.82 Å². The molecule has 1 aromatic rings. The number of hydrogen-bond acceptors (Lipinski definition) is 4. The fourth-order valence-corrected chi connectivity index (χ4v) is 2.60. The number of nitrogens with two attached hydrogens (primary N) is 1. The highest BCUT2D eigenvalue weighted by Crippen LogP contribution is 2.08. The van der Waals surface area contributed by atoms with Crippen LogP contribution >= 0.6 is 0 Å². The van der Waals surface area contributed by atoms with Gasteiger partial charge in [-0.1, -0.05) is 12.1 Å². The van der Waals surface area contributed by atoms with Crippen molar-refractivity contribution in [1.82, 2.24) is 10.2 Å². The molecule has 1 unspecified atom stereocenters. The maximum Gasteiger partial charge on any atom is 0.236 e. The monoisotopic (exact) mass is 323 g/mol. The van der Waals surface area contributed by atoms with E-state index in [2.05, 4.69) is 10.2 Å². The highest BCUT2D eigenvalue weighted by atomic mass is 19.1. The van der Waals surface area contributed by atoms with E-state index in [1.807, 2.05) is 0 Å². The van der Waals surface area contributed by atoms with E-state index in [0.29, 0.717) is 13.0 Å². The molecule has 1 heterocycles. The lowest BCUT2D eigenvalue weighted by molar-refractivity contribution is -0.122. The summed E-state index contributed by atoms with van der Waals surface area (Å²) in [5, 5.41) is 2.89. The van der Waals surface area contributed by atoms with E-state index in [1.54, 1.807) is 12.1 Å². The molecule has 1 saturated heterocycles. The van der Waals surface area contributed by atoms with Crippen LogP contribution in [0.25, 0.3) is 0 Å². The average Bonchev–Trinajstić information content (AvgIpc) is 2.57. The molecular formula is C17H26FN3O2. The van der Waals surface area contributed by atoms with Gasteiger partial charge in [0, 0.05) is 26.2 Å². The minimum Gasteiger partial charge on any atom is -0.379 e. The lowest BCUT2D eigenvalue weighted by Crippen LogP contribution is -2.45. The van der Waals surface area contributed by atoms with Crippen LogP contribution in [0.5, 0.6) is 0 Å². The van der Waals surface area contributed by atoms with Crippen molar-refractivity contribution in [2.75, 3.05) is 39.4 Å². The second kappa shape index (κ2) is 9.60. The van der Waals surface area contributed by atoms with E-state index in [9.17, 15) is 9.18 Å². The molecule has 0 bridgehead atoms. The largest absolute Gasteiger partial charge is 0.379 e. The van der Waals surface area contributed by atoms with Gasteiger partial charge in [-0.15, -0.1) is 0 Å². The number of halogens is 1. The molecule has 128 valence electrons. The second-order valence-electron chi connectivity index (χ2n) is 5.87. The summed E-state index contributed by atoms with van der Waals surface area (Å²) in [7, 11) is 0. The zero-order valence-electron chi connectivity index (χ0n) is 13.5. The van der Waals surface area contributed by atoms with Crippen LogP contribution in [0.2, 0.25) is 0 Å². The Morgan fingerprint density at radius 2 is 2.00 bits per heavy atom. The van der Waals surface area contributed by atoms with Crippen LogP contribution in [0.1, 0.15) is 18.4 Å². The van der Waals surface area contributed by atoms with Gasteiger partial charge in [-0.05, 0) is 37.0 Å². The molecule has 1 fully saturated rings. The van der Waals surface area contributed by atoms with Crippen molar-refractivity contribution in [2.24, 2.45) is 5.73 Å². The van der Waals surface area contributed by atoms with Crippen molar-refractivity contribution in [1.29, 1.82) is 0 Å². The van der Waals surface area contributed by atoms with Crippen molar-refractivity contribution in [3.63, 3.8) is 0 Å². The van der Waals surface area contributed by atoms with Gasteiger partial charge in [-0.3, -0.25) is 9.69 Å². The number of rotatable bonds is 8. The quantitative estimate of drug-likeness (QED) is 0.747. The van der Waals surface area contributed by atoms with E-state index in [4.69, 9.17) is 10.5 Å². The summed E-state index contributed by atoms with van der Waals surface area (Å²) in [6, 6.07) is 5.95. The SMILES string of the molecule is NC(CCCc1ccc(F)cc1)C(=O)NCCN1CCOCC1. The van der Waals surface area contributed by atoms with Crippen molar-refractivity contribution in [2.45, 2.75) is 25.3 Å². The Hall–Kier alpha value is -1.50. The average molecular weight is 323 g/mol. The molecule has 5 nitrogen and oxygen atoms in total. The lowest BCUT2D eigenvalue weighted by Gasteiger charge is -2.26. The molecule has 0 aromatic heterocycles. The van der Waals surface area contributed by atoms with Crippen LogP contribution in [-0.2, 0) is 16.0 Å². The van der Waals surface area contributed by atoms with E-state index >= 15 is 0 Å². The van der Waals surface area contributed by atoms with Crippen molar-refractivity contribution >= 4 is 5.91 Å². The van der Waals surface area contributed by atoms with Gasteiger partial charge >= 0.3 is 0 Å². The van der Waals surface area contributed by atoms with Gasteiger partial charge in [0.15, 0.2) is 0 Å². The number of carbonyl (C=O) groups excluding carboxylic acids is 1. The third-order valence-corrected chi connectivity index (χ3v) is 4.06. The summed E-state index contributed by atoms with van der Waals surface area (Å²) in [5.74, 6) is -0.331. The highest BCUT2D eigenvalue weighted by molar-refractivity contribution is 5.81. The smallest absolute Gasteiger partial charge is 0.236 e. The topological polar surface area (TPSA) is 67.6 Å². The second-order valence-corrected chi connectivity index (χ2v) is 5.87. The predicted octanol–water partition coefficient (Wildman–Crippen LogP) is 0.924. The third kappa shape index (κ3) is 6.64. The molecule has 23 heavy (non-hydrogen) atoms. The molecule has 3 N–H and O–H groups in total. The van der Waals surface area contributed by atoms with Gasteiger partial charge in [0.1, 0.15) is 5.82 Å². The number of amides is 1. The Morgan fingerprint density at radius 3 is 2.70 bits per heavy atom. The number of nitrogens with one attached hydrogen (secondary N) is 1. The minimum atomic E-state index is -0.486. The summed E-state index contributed by atoms with van der Waals surface area (Å²) in [5.41, 5.74) is 6.98. The van der Waals surface area contributed by atoms with Crippen molar-refractivity contribution < 1.29 is 13.9 Å². The Bertz CT molecular complexity index is 475. The first-order valence-electron chi connectivity index (χ1n) is 8.23. The number of ether oxygens (including phenoxy) is 1. The van der Waals surface area contributed by atoms with Gasteiger partial charge < -0.3 is 15.8 Å². The fraction of sp³-hybridized carbons (Fsp3) is 0.588. The summed E-state index contributed by atoms with van der Waals surface area (Å²) < 4.78 is 18.1. The zero-order valence-corrected chi connectivity index (χ0v) is 13.5. The van der Waals surface area contributed by atoms with Crippen LogP contribution in [0.15, 0.2) is 24.3 Å². The number of nitrogens with zero attached hydrogens (tertiary/aromatic N) is 1. The summed E-state index contributed by atoms with van der Waals surface area (Å²) in [4.78, 5) is 14.2. The molecule has 1 aliphatic rings. The van der Waals surface area contributed by atoms with Crippen LogP contribution in [-0.4, -0.2) is 56.2 Å². The first-order chi connectivity index (χ1) is 11.1. The molecule has 2 rings (SSSR count). The molecule has 1 amide bonds. The molecular weight excluding hydrogens is 297 g/mol. The maximum atomic E-state index is 12.8. The van der Waals surface area contributed by atoms with Gasteiger partial charge in [0.25, 0.3) is 0 Å². The Balaban J connectivity index is 1.57. The normalized spacial score (nSPS) is 17.0. The summed E-state index contributed by atoms with van der Waals surface area (Å²) in [6.07, 6.45) is 2.24. The molecule has 1 aromatic carbocycles. The van der Waals surface area contributed by atoms with Crippen molar-refractivity contribution in [3.8, 4) is 0 Å². The number of hydrogen-bond donors (Lipinski definition) is 2. The Labute approximate surface area is 137 Å². The van der Waals surface area contributed by atoms with Crippen LogP contribution < -0.4 is 11.1 Å². The van der Waals surface area contributed by atoms with Gasteiger partial charge in [-0.25, -0.2) is 4.39 Å². The van der Waals surface area contributed by atoms with E-state index in [1.165, 1.54) is 12.1 Å². The Kier molecular flexibility index (Phi) is 7.45. The lowest BCUT2D eigenvalue weighted by atomic mass is 10.0. The molecule has 1 atom stereocenters. The molecule has 0 aliphatic carbocycles. The van der Waals surface area contributed by atoms with Gasteiger partial charge in [0.05, 0.1) is 19.3 Å². The van der Waals surface area contributed by atoms with Gasteiger partial charge in [0.2, 0.25) is 5.91 Å². The fourth-order valence-electron chi connectivity index (χ4n) is 2.60. The standard InChI is InChI=1S/C17H26FN3O2/c18-15-6-4-14(5-7-15)2-1-3-16(19)17(22)20-8-9-21-10-12-23-13-11-21/h4-7,16H,1-3,8-13,19H2,(H,20,22). The zero-order chi connectivity index (χ0) is 16.5. The van der Waals surface area contributed by atoms with Gasteiger partial charge in [-0.2, -0.15) is 0 Å². The third-order valence-electron chi connectivity index (χ3n) is 4.06. The van der Waals surface area contributed by atoms with E-state index in [-0.39, 0.29) is 11.7 Å². The molecule has 0 spiro atoms. The molecule has 0 saturated carbocycles. The molecule has 0 radical (unpaired) electrons. The van der Waals surface area contributed by atoms with Crippen molar-refractivity contribution in [3.05, 3.63) is 35.6 Å². The van der Waals surface area contributed by atoms with Crippen LogP contribution in [0.3, 0.4) is 0 Å². The number of aryl methyl sites for hydroxylation is 1. The maximum absolute atomic E-state index is 12.8.